The van der Waals surface area contributed by atoms with Crippen molar-refractivity contribution in [3.63, 3.8) is 0 Å². The molecule has 29 heavy (non-hydrogen) atoms. The molecular formula is C23H21Cl2NO3. The zero-order chi connectivity index (χ0) is 21.0. The Morgan fingerprint density at radius 1 is 0.966 bits per heavy atom. The van der Waals surface area contributed by atoms with E-state index in [2.05, 4.69) is 19.2 Å². The smallest absolute Gasteiger partial charge is 0.255 e. The van der Waals surface area contributed by atoms with Gasteiger partial charge in [-0.05, 0) is 48.4 Å². The van der Waals surface area contributed by atoms with Gasteiger partial charge in [0.05, 0.1) is 17.2 Å². The SMILES string of the molecule is COc1ccc(Oc2c(Cl)cc(NC(=O)c3ccccc3)cc2Cl)cc1C(C)C. The number of nitrogens with one attached hydrogen (secondary N) is 1. The molecule has 0 aliphatic carbocycles. The minimum atomic E-state index is -0.247. The molecule has 0 aliphatic rings. The predicted molar refractivity (Wildman–Crippen MR) is 118 cm³/mol. The molecule has 0 unspecified atom stereocenters. The van der Waals surface area contributed by atoms with Crippen molar-refractivity contribution in [2.24, 2.45) is 0 Å². The summed E-state index contributed by atoms with van der Waals surface area (Å²) in [6.45, 7) is 4.15. The molecule has 0 radical (unpaired) electrons. The van der Waals surface area contributed by atoms with E-state index in [1.54, 1.807) is 49.6 Å². The molecule has 0 bridgehead atoms. The van der Waals surface area contributed by atoms with Crippen LogP contribution >= 0.6 is 23.2 Å². The van der Waals surface area contributed by atoms with Crippen molar-refractivity contribution >= 4 is 34.8 Å². The molecular weight excluding hydrogens is 409 g/mol. The number of carbonyl (C=O) groups is 1. The van der Waals surface area contributed by atoms with Crippen LogP contribution in [0.1, 0.15) is 35.7 Å². The van der Waals surface area contributed by atoms with Crippen molar-refractivity contribution in [3.05, 3.63) is 81.8 Å². The fraction of sp³-hybridized carbons (Fsp3) is 0.174. The molecule has 0 fully saturated rings. The Kier molecular flexibility index (Phi) is 6.68. The average Bonchev–Trinajstić information content (AvgIpc) is 2.71. The van der Waals surface area contributed by atoms with Gasteiger partial charge >= 0.3 is 0 Å². The second kappa shape index (κ2) is 9.21. The Morgan fingerprint density at radius 2 is 1.62 bits per heavy atom. The van der Waals surface area contributed by atoms with E-state index in [-0.39, 0.29) is 11.8 Å². The molecule has 1 amide bonds. The number of benzene rings is 3. The Bertz CT molecular complexity index is 997. The Hall–Kier alpha value is -2.69. The van der Waals surface area contributed by atoms with Gasteiger partial charge in [0.15, 0.2) is 5.75 Å². The van der Waals surface area contributed by atoms with Gasteiger partial charge in [-0.2, -0.15) is 0 Å². The molecule has 3 rings (SSSR count). The van der Waals surface area contributed by atoms with E-state index in [1.807, 2.05) is 18.2 Å². The average molecular weight is 430 g/mol. The number of carbonyl (C=O) groups excluding carboxylic acids is 1. The third-order valence-corrected chi connectivity index (χ3v) is 4.90. The first kappa shape index (κ1) is 21.0. The standard InChI is InChI=1S/C23H21Cl2NO3/c1-14(2)18-13-17(9-10-21(18)28-3)29-22-19(24)11-16(12-20(22)25)26-23(27)15-7-5-4-6-8-15/h4-14H,1-3H3,(H,26,27). The van der Waals surface area contributed by atoms with Crippen LogP contribution in [0.4, 0.5) is 5.69 Å². The van der Waals surface area contributed by atoms with Gasteiger partial charge in [0.2, 0.25) is 0 Å². The molecule has 0 aliphatic heterocycles. The number of hydrogen-bond acceptors (Lipinski definition) is 3. The Morgan fingerprint density at radius 3 is 2.21 bits per heavy atom. The van der Waals surface area contributed by atoms with E-state index < -0.39 is 0 Å². The van der Waals surface area contributed by atoms with Crippen molar-refractivity contribution < 1.29 is 14.3 Å². The second-order valence-electron chi connectivity index (χ2n) is 6.75. The minimum Gasteiger partial charge on any atom is -0.496 e. The highest BCUT2D eigenvalue weighted by molar-refractivity contribution is 6.37. The fourth-order valence-electron chi connectivity index (χ4n) is 2.87. The molecule has 6 heteroatoms. The molecule has 4 nitrogen and oxygen atoms in total. The van der Waals surface area contributed by atoms with Gasteiger partial charge in [0, 0.05) is 16.8 Å². The Labute approximate surface area is 180 Å². The van der Waals surface area contributed by atoms with Gasteiger partial charge in [-0.1, -0.05) is 55.2 Å². The van der Waals surface area contributed by atoms with Crippen LogP contribution < -0.4 is 14.8 Å². The number of rotatable bonds is 6. The van der Waals surface area contributed by atoms with E-state index in [4.69, 9.17) is 32.7 Å². The first-order chi connectivity index (χ1) is 13.9. The second-order valence-corrected chi connectivity index (χ2v) is 7.56. The Balaban J connectivity index is 1.83. The van der Waals surface area contributed by atoms with Crippen LogP contribution in [0.15, 0.2) is 60.7 Å². The monoisotopic (exact) mass is 429 g/mol. The normalized spacial score (nSPS) is 10.7. The zero-order valence-corrected chi connectivity index (χ0v) is 17.8. The lowest BCUT2D eigenvalue weighted by molar-refractivity contribution is 0.102. The molecule has 3 aromatic rings. The van der Waals surface area contributed by atoms with Crippen LogP contribution in [0, 0.1) is 0 Å². The number of amides is 1. The van der Waals surface area contributed by atoms with Gasteiger partial charge in [0.1, 0.15) is 11.5 Å². The third kappa shape index (κ3) is 5.03. The maximum atomic E-state index is 12.3. The van der Waals surface area contributed by atoms with Crippen molar-refractivity contribution in [3.8, 4) is 17.2 Å². The minimum absolute atomic E-state index is 0.247. The summed E-state index contributed by atoms with van der Waals surface area (Å²) in [7, 11) is 1.64. The maximum Gasteiger partial charge on any atom is 0.255 e. The van der Waals surface area contributed by atoms with Crippen LogP contribution in [-0.4, -0.2) is 13.0 Å². The summed E-state index contributed by atoms with van der Waals surface area (Å²) in [5.41, 5.74) is 2.04. The number of ether oxygens (including phenoxy) is 2. The van der Waals surface area contributed by atoms with E-state index in [1.165, 1.54) is 0 Å². The molecule has 0 spiro atoms. The van der Waals surface area contributed by atoms with Gasteiger partial charge in [-0.25, -0.2) is 0 Å². The summed E-state index contributed by atoms with van der Waals surface area (Å²) in [5, 5.41) is 3.38. The van der Waals surface area contributed by atoms with Gasteiger partial charge in [-0.15, -0.1) is 0 Å². The van der Waals surface area contributed by atoms with Crippen LogP contribution in [0.2, 0.25) is 10.0 Å². The van der Waals surface area contributed by atoms with Crippen LogP contribution in [-0.2, 0) is 0 Å². The van der Waals surface area contributed by atoms with E-state index in [0.29, 0.717) is 32.8 Å². The largest absolute Gasteiger partial charge is 0.496 e. The molecule has 0 saturated carbocycles. The number of anilines is 1. The van der Waals surface area contributed by atoms with E-state index in [0.717, 1.165) is 11.3 Å². The van der Waals surface area contributed by atoms with Crippen LogP contribution in [0.25, 0.3) is 0 Å². The molecule has 1 N–H and O–H groups in total. The fourth-order valence-corrected chi connectivity index (χ4v) is 3.43. The number of methoxy groups -OCH3 is 1. The van der Waals surface area contributed by atoms with Crippen molar-refractivity contribution in [1.82, 2.24) is 0 Å². The van der Waals surface area contributed by atoms with E-state index >= 15 is 0 Å². The molecule has 0 aromatic heterocycles. The highest BCUT2D eigenvalue weighted by Crippen LogP contribution is 2.40. The maximum absolute atomic E-state index is 12.3. The van der Waals surface area contributed by atoms with Crippen molar-refractivity contribution in [2.75, 3.05) is 12.4 Å². The van der Waals surface area contributed by atoms with Crippen LogP contribution in [0.3, 0.4) is 0 Å². The lowest BCUT2D eigenvalue weighted by atomic mass is 10.0. The quantitative estimate of drug-likeness (QED) is 0.451. The van der Waals surface area contributed by atoms with Crippen molar-refractivity contribution in [2.45, 2.75) is 19.8 Å². The van der Waals surface area contributed by atoms with Gasteiger partial charge < -0.3 is 14.8 Å². The van der Waals surface area contributed by atoms with Crippen molar-refractivity contribution in [1.29, 1.82) is 0 Å². The summed E-state index contributed by atoms with van der Waals surface area (Å²) < 4.78 is 11.3. The topological polar surface area (TPSA) is 47.6 Å². The molecule has 0 heterocycles. The molecule has 150 valence electrons. The van der Waals surface area contributed by atoms with Crippen LogP contribution in [0.5, 0.6) is 17.2 Å². The van der Waals surface area contributed by atoms with E-state index in [9.17, 15) is 4.79 Å². The summed E-state index contributed by atoms with van der Waals surface area (Å²) in [5.74, 6) is 1.73. The summed E-state index contributed by atoms with van der Waals surface area (Å²) >= 11 is 12.8. The zero-order valence-electron chi connectivity index (χ0n) is 16.3. The molecule has 0 atom stereocenters. The number of hydrogen-bond donors (Lipinski definition) is 1. The first-order valence-electron chi connectivity index (χ1n) is 9.10. The van der Waals surface area contributed by atoms with Gasteiger partial charge in [0.25, 0.3) is 5.91 Å². The predicted octanol–water partition coefficient (Wildman–Crippen LogP) is 7.17. The summed E-state index contributed by atoms with van der Waals surface area (Å²) in [6.07, 6.45) is 0. The summed E-state index contributed by atoms with van der Waals surface area (Å²) in [6, 6.07) is 17.7. The highest BCUT2D eigenvalue weighted by atomic mass is 35.5. The van der Waals surface area contributed by atoms with Gasteiger partial charge in [-0.3, -0.25) is 4.79 Å². The summed E-state index contributed by atoms with van der Waals surface area (Å²) in [4.78, 5) is 12.3. The molecule has 3 aromatic carbocycles. The first-order valence-corrected chi connectivity index (χ1v) is 9.86. The third-order valence-electron chi connectivity index (χ3n) is 4.34. The lowest BCUT2D eigenvalue weighted by Crippen LogP contribution is -2.11. The molecule has 0 saturated heterocycles. The lowest BCUT2D eigenvalue weighted by Gasteiger charge is -2.16. The highest BCUT2D eigenvalue weighted by Gasteiger charge is 2.15. The number of halogens is 2.